The average Bonchev–Trinajstić information content (AvgIpc) is 0.826. The highest BCUT2D eigenvalue weighted by Gasteiger charge is 2.55. The first-order valence-electron chi connectivity index (χ1n) is 28.9. The summed E-state index contributed by atoms with van der Waals surface area (Å²) in [6.07, 6.45) is -0.794. The van der Waals surface area contributed by atoms with Gasteiger partial charge in [0.05, 0.1) is 5.69 Å². The van der Waals surface area contributed by atoms with Crippen molar-refractivity contribution in [3.8, 4) is 0 Å². The fourth-order valence-electron chi connectivity index (χ4n) is 11.4. The quantitative estimate of drug-likeness (QED) is 0.0137. The number of carbonyl (C=O) groups excluding carboxylic acids is 3. The van der Waals surface area contributed by atoms with E-state index >= 15 is 4.79 Å². The molecule has 8 aromatic carbocycles. The van der Waals surface area contributed by atoms with Crippen molar-refractivity contribution in [1.82, 2.24) is 40.4 Å². The molecule has 446 valence electrons. The van der Waals surface area contributed by atoms with E-state index < -0.39 is 46.4 Å². The van der Waals surface area contributed by atoms with Crippen LogP contribution in [0.1, 0.15) is 62.0 Å². The van der Waals surface area contributed by atoms with Gasteiger partial charge in [-0.05, 0) is 60.5 Å². The molecule has 0 saturated carbocycles. The highest BCUT2D eigenvalue weighted by atomic mass is 32.2. The molecule has 1 saturated heterocycles. The predicted molar refractivity (Wildman–Crippen MR) is 354 cm³/mol. The number of carbonyl (C=O) groups is 3. The minimum Gasteiger partial charge on any atom is -0.448 e. The van der Waals surface area contributed by atoms with E-state index in [1.165, 1.54) is 51.1 Å². The van der Waals surface area contributed by atoms with Gasteiger partial charge in [-0.2, -0.15) is 0 Å². The second kappa shape index (κ2) is 26.8. The van der Waals surface area contributed by atoms with Gasteiger partial charge in [-0.3, -0.25) is 14.5 Å². The van der Waals surface area contributed by atoms with E-state index in [-0.39, 0.29) is 29.5 Å². The fourth-order valence-corrected chi connectivity index (χ4v) is 15.2. The Hall–Kier alpha value is -9.99. The van der Waals surface area contributed by atoms with E-state index in [4.69, 9.17) is 19.5 Å². The van der Waals surface area contributed by atoms with Gasteiger partial charge < -0.3 is 25.5 Å². The zero-order valence-corrected chi connectivity index (χ0v) is 51.6. The Morgan fingerprint density at radius 1 is 0.622 bits per heavy atom. The Labute approximate surface area is 536 Å². The lowest BCUT2D eigenvalue weighted by Crippen LogP contribution is -2.71. The van der Waals surface area contributed by atoms with Gasteiger partial charge in [-0.1, -0.05) is 260 Å². The topological polar surface area (TPSA) is 191 Å². The van der Waals surface area contributed by atoms with Crippen molar-refractivity contribution >= 4 is 80.0 Å². The Kier molecular flexibility index (Phi) is 17.6. The van der Waals surface area contributed by atoms with Crippen molar-refractivity contribution in [3.05, 3.63) is 321 Å². The highest BCUT2D eigenvalue weighted by Crippen LogP contribution is 2.45. The molecule has 16 nitrogen and oxygen atoms in total. The van der Waals surface area contributed by atoms with Crippen molar-refractivity contribution in [2.24, 2.45) is 12.2 Å². The van der Waals surface area contributed by atoms with Gasteiger partial charge in [0.1, 0.15) is 33.9 Å². The molecule has 2 aliphatic rings. The van der Waals surface area contributed by atoms with Crippen LogP contribution in [-0.2, 0) is 48.7 Å². The van der Waals surface area contributed by atoms with Gasteiger partial charge >= 0.3 is 5.97 Å². The van der Waals surface area contributed by atoms with E-state index in [9.17, 15) is 9.59 Å². The number of benzene rings is 8. The van der Waals surface area contributed by atoms with Crippen LogP contribution < -0.4 is 16.0 Å². The van der Waals surface area contributed by atoms with Crippen LogP contribution in [0.2, 0.25) is 0 Å². The highest BCUT2D eigenvalue weighted by molar-refractivity contribution is 8.01. The molecule has 3 N–H and O–H groups in total. The predicted octanol–water partition coefficient (Wildman–Crippen LogP) is 12.6. The number of thioether (sulfide) groups is 2. The standard InChI is InChI=1S/C70H57N11O5S4/c1-80-68(76-78-79-80)90-44-49-43-87-64-59(63(83)81(64)60(49)65(84)86-61(47-26-10-2-11-27-47)48-28-12-3-13-29-48)73-62(82)58(57-46-89-67(72-57)75-70(53-36-20-7-21-37-53,54-38-22-8-23-39-54)55-40-24-9-25-41-55)77-85-42-56-45-88-66(71-56)74-69(50-30-14-4-15-31-50,51-32-16-5-17-33-51)52-34-18-6-19-35-52/h2-41,45-46,59,61,64H,42-44H2,1H3,(H,71,74)(H,72,75)(H,73,82)/t59?,64-/m0/s1. The van der Waals surface area contributed by atoms with Crippen LogP contribution in [0.5, 0.6) is 0 Å². The summed E-state index contributed by atoms with van der Waals surface area (Å²) in [5, 5.41) is 31.7. The van der Waals surface area contributed by atoms with E-state index in [1.54, 1.807) is 17.1 Å². The summed E-state index contributed by atoms with van der Waals surface area (Å²) in [7, 11) is 1.73. The molecule has 11 aromatic rings. The lowest BCUT2D eigenvalue weighted by Gasteiger charge is -2.49. The molecule has 2 aliphatic heterocycles. The molecule has 0 radical (unpaired) electrons. The van der Waals surface area contributed by atoms with Crippen LogP contribution in [-0.4, -0.2) is 81.5 Å². The number of nitrogens with zero attached hydrogens (tertiary/aromatic N) is 8. The van der Waals surface area contributed by atoms with Crippen molar-refractivity contribution < 1.29 is 24.0 Å². The van der Waals surface area contributed by atoms with E-state index in [0.717, 1.165) is 44.5 Å². The summed E-state index contributed by atoms with van der Waals surface area (Å²) in [6, 6.07) is 79.0. The molecule has 13 rings (SSSR count). The second-order valence-electron chi connectivity index (χ2n) is 21.1. The number of thiazole rings is 2. The molecule has 1 unspecified atom stereocenters. The molecule has 5 heterocycles. The molecule has 2 amide bonds. The minimum atomic E-state index is -1.09. The third-order valence-corrected chi connectivity index (χ3v) is 19.6. The Morgan fingerprint density at radius 3 is 1.52 bits per heavy atom. The zero-order valence-electron chi connectivity index (χ0n) is 48.4. The lowest BCUT2D eigenvalue weighted by atomic mass is 9.77. The Balaban J connectivity index is 0.825. The van der Waals surface area contributed by atoms with Gasteiger partial charge in [0.25, 0.3) is 11.8 Å². The summed E-state index contributed by atoms with van der Waals surface area (Å²) in [4.78, 5) is 62.8. The summed E-state index contributed by atoms with van der Waals surface area (Å²) in [6.45, 7) is -0.124. The van der Waals surface area contributed by atoms with Crippen molar-refractivity contribution in [2.45, 2.75) is 40.4 Å². The number of β-lactam (4-membered cyclic amide) rings is 1. The largest absolute Gasteiger partial charge is 0.448 e. The number of rotatable bonds is 23. The summed E-state index contributed by atoms with van der Waals surface area (Å²) in [5.74, 6) is -1.31. The summed E-state index contributed by atoms with van der Waals surface area (Å²) >= 11 is 5.47. The Bertz CT molecular complexity index is 4090. The van der Waals surface area contributed by atoms with Crippen LogP contribution in [0.15, 0.2) is 275 Å². The van der Waals surface area contributed by atoms with Crippen molar-refractivity contribution in [2.75, 3.05) is 22.1 Å². The van der Waals surface area contributed by atoms with Crippen molar-refractivity contribution in [1.29, 1.82) is 0 Å². The zero-order chi connectivity index (χ0) is 61.3. The first-order valence-corrected chi connectivity index (χ1v) is 32.7. The smallest absolute Gasteiger partial charge is 0.356 e. The number of anilines is 2. The number of hydrogen-bond acceptors (Lipinski definition) is 17. The monoisotopic (exact) mass is 1260 g/mol. The number of fused-ring (bicyclic) bond motifs is 1. The second-order valence-corrected chi connectivity index (χ2v) is 24.9. The fraction of sp³-hybridized carbons (Fsp3) is 0.129. The maximum absolute atomic E-state index is 15.2. The third kappa shape index (κ3) is 12.0. The molecule has 1 fully saturated rings. The van der Waals surface area contributed by atoms with Crippen LogP contribution in [0.3, 0.4) is 0 Å². The SMILES string of the molecule is Cn1nnnc1SCC1=C(C(=O)OC(c2ccccc2)c2ccccc2)N2C(=O)C(NC(=O)C(=NOCc3csc(NC(c4ccccc4)(c4ccccc4)c4ccccc4)n3)c3csc(NC(c4ccccc4)(c4ccccc4)c4ccccc4)n3)[C@@H]2SC1. The van der Waals surface area contributed by atoms with Crippen molar-refractivity contribution in [3.63, 3.8) is 0 Å². The summed E-state index contributed by atoms with van der Waals surface area (Å²) < 4.78 is 8.00. The number of amides is 2. The van der Waals surface area contributed by atoms with Crippen LogP contribution in [0.25, 0.3) is 0 Å². The maximum atomic E-state index is 15.2. The van der Waals surface area contributed by atoms with E-state index in [1.807, 2.05) is 175 Å². The van der Waals surface area contributed by atoms with E-state index in [2.05, 4.69) is 109 Å². The van der Waals surface area contributed by atoms with Gasteiger partial charge in [0, 0.05) is 29.3 Å². The normalized spacial score (nSPS) is 15.0. The molecule has 0 bridgehead atoms. The molecule has 20 heteroatoms. The van der Waals surface area contributed by atoms with E-state index in [0.29, 0.717) is 32.4 Å². The number of oxime groups is 1. The average molecular weight is 1260 g/mol. The first-order chi connectivity index (χ1) is 44.3. The van der Waals surface area contributed by atoms with Crippen LogP contribution in [0.4, 0.5) is 10.3 Å². The molecule has 0 aliphatic carbocycles. The summed E-state index contributed by atoms with van der Waals surface area (Å²) in [5.41, 5.74) is 6.96. The number of nitrogens with one attached hydrogen (secondary N) is 3. The van der Waals surface area contributed by atoms with Crippen LogP contribution >= 0.6 is 46.2 Å². The maximum Gasteiger partial charge on any atom is 0.356 e. The Morgan fingerprint density at radius 2 is 1.07 bits per heavy atom. The molecular formula is C70H57N11O5S4. The van der Waals surface area contributed by atoms with Crippen LogP contribution in [0, 0.1) is 0 Å². The number of aryl methyl sites for hydroxylation is 1. The lowest BCUT2D eigenvalue weighted by molar-refractivity contribution is -0.154. The number of hydrogen-bond donors (Lipinski definition) is 3. The molecule has 2 atom stereocenters. The first kappa shape index (κ1) is 59.0. The molecular weight excluding hydrogens is 1200 g/mol. The molecule has 90 heavy (non-hydrogen) atoms. The minimum absolute atomic E-state index is 0.102. The number of aromatic nitrogens is 6. The van der Waals surface area contributed by atoms with Gasteiger partial charge in [-0.25, -0.2) is 19.4 Å². The number of ether oxygens (including phenoxy) is 1. The van der Waals surface area contributed by atoms with Gasteiger partial charge in [0.2, 0.25) is 5.16 Å². The third-order valence-electron chi connectivity index (χ3n) is 15.6. The van der Waals surface area contributed by atoms with Gasteiger partial charge in [-0.15, -0.1) is 39.5 Å². The molecule has 3 aromatic heterocycles. The number of esters is 1. The molecule has 0 spiro atoms. The number of tetrazole rings is 1. The van der Waals surface area contributed by atoms with Gasteiger partial charge in [0.15, 0.2) is 28.7 Å².